The fourth-order valence-corrected chi connectivity index (χ4v) is 3.49. The van der Waals surface area contributed by atoms with Crippen molar-refractivity contribution in [3.63, 3.8) is 0 Å². The topological polar surface area (TPSA) is 44.7 Å². The van der Waals surface area contributed by atoms with Crippen LogP contribution in [0.1, 0.15) is 24.0 Å². The van der Waals surface area contributed by atoms with Gasteiger partial charge in [-0.25, -0.2) is 5.43 Å². The summed E-state index contributed by atoms with van der Waals surface area (Å²) in [6.45, 7) is 2.76. The Bertz CT molecular complexity index is 771. The van der Waals surface area contributed by atoms with E-state index < -0.39 is 0 Å². The molecule has 0 bridgehead atoms. The maximum absolute atomic E-state index is 12.3. The number of rotatable bonds is 5. The van der Waals surface area contributed by atoms with Gasteiger partial charge in [0.25, 0.3) is 0 Å². The van der Waals surface area contributed by atoms with E-state index in [1.807, 2.05) is 18.2 Å². The van der Waals surface area contributed by atoms with Gasteiger partial charge < -0.3 is 0 Å². The van der Waals surface area contributed by atoms with Gasteiger partial charge in [0.1, 0.15) is 0 Å². The van der Waals surface area contributed by atoms with Crippen LogP contribution in [0.2, 0.25) is 5.02 Å². The van der Waals surface area contributed by atoms with E-state index in [0.29, 0.717) is 5.02 Å². The first kappa shape index (κ1) is 19.1. The second-order valence-electron chi connectivity index (χ2n) is 6.43. The molecule has 0 unspecified atom stereocenters. The van der Waals surface area contributed by atoms with Crippen LogP contribution in [-0.2, 0) is 11.3 Å². The third kappa shape index (κ3) is 5.40. The summed E-state index contributed by atoms with van der Waals surface area (Å²) < 4.78 is 1.09. The molecule has 1 fully saturated rings. The van der Waals surface area contributed by atoms with Gasteiger partial charge in [-0.3, -0.25) is 9.69 Å². The minimum absolute atomic E-state index is 0.0135. The quantitative estimate of drug-likeness (QED) is 0.557. The second-order valence-corrected chi connectivity index (χ2v) is 7.76. The maximum atomic E-state index is 12.3. The Morgan fingerprint density at radius 2 is 1.88 bits per heavy atom. The molecule has 0 atom stereocenters. The largest absolute Gasteiger partial charge is 0.299 e. The fourth-order valence-electron chi connectivity index (χ4n) is 3.04. The summed E-state index contributed by atoms with van der Waals surface area (Å²) in [5, 5.41) is 4.66. The van der Waals surface area contributed by atoms with Gasteiger partial charge in [0.05, 0.1) is 6.21 Å². The van der Waals surface area contributed by atoms with Crippen LogP contribution in [0.25, 0.3) is 0 Å². The Kier molecular flexibility index (Phi) is 6.83. The third-order valence-electron chi connectivity index (χ3n) is 4.56. The average Bonchev–Trinajstić information content (AvgIpc) is 2.66. The summed E-state index contributed by atoms with van der Waals surface area (Å²) in [6, 6.07) is 15.8. The highest BCUT2D eigenvalue weighted by Crippen LogP contribution is 2.20. The molecule has 0 spiro atoms. The van der Waals surface area contributed by atoms with E-state index in [0.717, 1.165) is 42.5 Å². The smallest absolute Gasteiger partial charge is 0.243 e. The Morgan fingerprint density at radius 1 is 1.19 bits per heavy atom. The number of carbonyl (C=O) groups is 1. The number of piperidine rings is 1. The van der Waals surface area contributed by atoms with Gasteiger partial charge in [-0.05, 0) is 49.7 Å². The van der Waals surface area contributed by atoms with Gasteiger partial charge in [0, 0.05) is 27.5 Å². The number of nitrogens with zero attached hydrogens (tertiary/aromatic N) is 2. The molecule has 3 rings (SSSR count). The first-order valence-electron chi connectivity index (χ1n) is 8.66. The maximum Gasteiger partial charge on any atom is 0.243 e. The van der Waals surface area contributed by atoms with Crippen LogP contribution in [-0.4, -0.2) is 30.1 Å². The van der Waals surface area contributed by atoms with Crippen molar-refractivity contribution in [2.24, 2.45) is 11.0 Å². The molecule has 0 aromatic heterocycles. The minimum atomic E-state index is -0.0170. The van der Waals surface area contributed by atoms with Crippen LogP contribution in [0.5, 0.6) is 0 Å². The summed E-state index contributed by atoms with van der Waals surface area (Å²) in [5.74, 6) is -0.00356. The lowest BCUT2D eigenvalue weighted by atomic mass is 9.96. The monoisotopic (exact) mass is 433 g/mol. The number of nitrogens with one attached hydrogen (secondary N) is 1. The van der Waals surface area contributed by atoms with Gasteiger partial charge in [-0.1, -0.05) is 57.9 Å². The van der Waals surface area contributed by atoms with Gasteiger partial charge >= 0.3 is 0 Å². The Morgan fingerprint density at radius 3 is 2.58 bits per heavy atom. The predicted octanol–water partition coefficient (Wildman–Crippen LogP) is 4.46. The molecular formula is C20H21BrClN3O. The Balaban J connectivity index is 1.44. The fraction of sp³-hybridized carbons (Fsp3) is 0.300. The van der Waals surface area contributed by atoms with E-state index in [9.17, 15) is 4.79 Å². The normalized spacial score (nSPS) is 16.1. The van der Waals surface area contributed by atoms with E-state index in [1.54, 1.807) is 12.3 Å². The van der Waals surface area contributed by atoms with Crippen LogP contribution >= 0.6 is 27.5 Å². The highest BCUT2D eigenvalue weighted by atomic mass is 79.9. The minimum Gasteiger partial charge on any atom is -0.299 e. The van der Waals surface area contributed by atoms with Crippen LogP contribution in [0.3, 0.4) is 0 Å². The SMILES string of the molecule is O=C(N/N=C/c1ccccc1Cl)C1CCN(Cc2ccc(Br)cc2)CC1. The Hall–Kier alpha value is -1.69. The first-order valence-corrected chi connectivity index (χ1v) is 9.83. The summed E-state index contributed by atoms with van der Waals surface area (Å²) in [4.78, 5) is 14.7. The summed E-state index contributed by atoms with van der Waals surface area (Å²) in [5.41, 5.74) is 4.73. The van der Waals surface area contributed by atoms with Crippen molar-refractivity contribution in [2.45, 2.75) is 19.4 Å². The average molecular weight is 435 g/mol. The van der Waals surface area contributed by atoms with Gasteiger partial charge in [-0.2, -0.15) is 5.10 Å². The molecule has 1 aliphatic heterocycles. The van der Waals surface area contributed by atoms with E-state index in [4.69, 9.17) is 11.6 Å². The standard InChI is InChI=1S/C20H21BrClN3O/c21-18-7-5-15(6-8-18)14-25-11-9-16(10-12-25)20(26)24-23-13-17-3-1-2-4-19(17)22/h1-8,13,16H,9-12,14H2,(H,24,26)/b23-13+. The molecule has 136 valence electrons. The molecule has 2 aromatic rings. The number of benzene rings is 2. The molecule has 1 heterocycles. The molecule has 0 saturated carbocycles. The zero-order valence-electron chi connectivity index (χ0n) is 14.4. The summed E-state index contributed by atoms with van der Waals surface area (Å²) in [7, 11) is 0. The lowest BCUT2D eigenvalue weighted by Gasteiger charge is -2.30. The van der Waals surface area contributed by atoms with Crippen LogP contribution in [0, 0.1) is 5.92 Å². The summed E-state index contributed by atoms with van der Waals surface area (Å²) in [6.07, 6.45) is 3.29. The molecule has 1 N–H and O–H groups in total. The van der Waals surface area contributed by atoms with Crippen molar-refractivity contribution in [1.29, 1.82) is 0 Å². The highest BCUT2D eigenvalue weighted by Gasteiger charge is 2.24. The lowest BCUT2D eigenvalue weighted by molar-refractivity contribution is -0.126. The van der Waals surface area contributed by atoms with Crippen LogP contribution < -0.4 is 5.43 Å². The van der Waals surface area contributed by atoms with Crippen molar-refractivity contribution < 1.29 is 4.79 Å². The number of amides is 1. The number of halogens is 2. The molecule has 0 aliphatic carbocycles. The van der Waals surface area contributed by atoms with Crippen molar-refractivity contribution in [3.8, 4) is 0 Å². The van der Waals surface area contributed by atoms with Crippen molar-refractivity contribution in [1.82, 2.24) is 10.3 Å². The molecule has 6 heteroatoms. The van der Waals surface area contributed by atoms with E-state index >= 15 is 0 Å². The zero-order valence-corrected chi connectivity index (χ0v) is 16.7. The molecule has 0 radical (unpaired) electrons. The number of hydrazone groups is 1. The zero-order chi connectivity index (χ0) is 18.4. The highest BCUT2D eigenvalue weighted by molar-refractivity contribution is 9.10. The van der Waals surface area contributed by atoms with Crippen LogP contribution in [0.15, 0.2) is 58.1 Å². The second kappa shape index (κ2) is 9.31. The van der Waals surface area contributed by atoms with Gasteiger partial charge in [0.2, 0.25) is 5.91 Å². The number of hydrogen-bond acceptors (Lipinski definition) is 3. The van der Waals surface area contributed by atoms with E-state index in [2.05, 4.69) is 55.6 Å². The summed E-state index contributed by atoms with van der Waals surface area (Å²) >= 11 is 9.52. The first-order chi connectivity index (χ1) is 12.6. The van der Waals surface area contributed by atoms with Crippen molar-refractivity contribution in [2.75, 3.05) is 13.1 Å². The molecule has 1 aliphatic rings. The Labute approximate surface area is 167 Å². The number of carbonyl (C=O) groups excluding carboxylic acids is 1. The van der Waals surface area contributed by atoms with E-state index in [1.165, 1.54) is 5.56 Å². The van der Waals surface area contributed by atoms with Crippen molar-refractivity contribution in [3.05, 3.63) is 69.2 Å². The van der Waals surface area contributed by atoms with Crippen LogP contribution in [0.4, 0.5) is 0 Å². The van der Waals surface area contributed by atoms with Crippen molar-refractivity contribution >= 4 is 39.7 Å². The molecule has 4 nitrogen and oxygen atoms in total. The molecule has 26 heavy (non-hydrogen) atoms. The number of hydrogen-bond donors (Lipinski definition) is 1. The lowest BCUT2D eigenvalue weighted by Crippen LogP contribution is -2.39. The number of likely N-dealkylation sites (tertiary alicyclic amines) is 1. The predicted molar refractivity (Wildman–Crippen MR) is 109 cm³/mol. The molecule has 2 aromatic carbocycles. The molecule has 1 amide bonds. The molecular weight excluding hydrogens is 414 g/mol. The van der Waals surface area contributed by atoms with Gasteiger partial charge in [-0.15, -0.1) is 0 Å². The van der Waals surface area contributed by atoms with Gasteiger partial charge in [0.15, 0.2) is 0 Å². The molecule has 1 saturated heterocycles. The third-order valence-corrected chi connectivity index (χ3v) is 5.43. The van der Waals surface area contributed by atoms with E-state index in [-0.39, 0.29) is 11.8 Å².